The topological polar surface area (TPSA) is 31.2 Å². The lowest BCUT2D eigenvalue weighted by molar-refractivity contribution is 0.666. The highest BCUT2D eigenvalue weighted by molar-refractivity contribution is 6.38. The Balaban J connectivity index is 1.54. The molecule has 7 aromatic carbocycles. The van der Waals surface area contributed by atoms with Gasteiger partial charge in [-0.2, -0.15) is 0 Å². The molecule has 0 aliphatic heterocycles. The summed E-state index contributed by atoms with van der Waals surface area (Å²) in [6.45, 7) is 6.26. The van der Waals surface area contributed by atoms with Gasteiger partial charge < -0.3 is 13.4 Å². The lowest BCUT2D eigenvalue weighted by Crippen LogP contribution is -1.95. The zero-order valence-corrected chi connectivity index (χ0v) is 24.0. The van der Waals surface area contributed by atoms with E-state index >= 15 is 0 Å². The number of nitrogens with zero attached hydrogens (tertiary/aromatic N) is 1. The highest BCUT2D eigenvalue weighted by Crippen LogP contribution is 2.49. The van der Waals surface area contributed by atoms with Crippen LogP contribution < -0.4 is 0 Å². The summed E-state index contributed by atoms with van der Waals surface area (Å²) in [7, 11) is 0. The number of hydrogen-bond acceptors (Lipinski definition) is 2. The molecule has 0 saturated carbocycles. The predicted molar refractivity (Wildman–Crippen MR) is 185 cm³/mol. The molecule has 3 heteroatoms. The second-order valence-corrected chi connectivity index (χ2v) is 11.7. The van der Waals surface area contributed by atoms with Crippen LogP contribution in [0.5, 0.6) is 0 Å². The van der Waals surface area contributed by atoms with Crippen LogP contribution in [0.15, 0.2) is 131 Å². The first-order valence-electron chi connectivity index (χ1n) is 15.0. The van der Waals surface area contributed by atoms with Crippen molar-refractivity contribution in [3.63, 3.8) is 0 Å². The maximum atomic E-state index is 7.01. The first-order valence-corrected chi connectivity index (χ1v) is 15.0. The third kappa shape index (κ3) is 2.86. The number of aryl methyl sites for hydroxylation is 1. The molecule has 0 N–H and O–H groups in total. The number of para-hydroxylation sites is 2. The average molecular weight is 564 g/mol. The molecule has 10 rings (SSSR count). The SMILES string of the molecule is C=Cc1c(C)ccc2c1oc1c2c2ccccc2c2c1c1c3ccccc3ccc1n2-c1cccc2c1oc1ccccc12. The smallest absolute Gasteiger partial charge is 0.159 e. The van der Waals surface area contributed by atoms with Gasteiger partial charge in [0, 0.05) is 37.9 Å². The quantitative estimate of drug-likeness (QED) is 0.209. The molecule has 0 amide bonds. The van der Waals surface area contributed by atoms with E-state index in [1.165, 1.54) is 21.5 Å². The fourth-order valence-corrected chi connectivity index (χ4v) is 7.58. The van der Waals surface area contributed by atoms with Crippen LogP contribution in [-0.4, -0.2) is 4.57 Å². The molecule has 0 unspecified atom stereocenters. The Morgan fingerprint density at radius 2 is 1.30 bits per heavy atom. The summed E-state index contributed by atoms with van der Waals surface area (Å²) in [6.07, 6.45) is 1.92. The van der Waals surface area contributed by atoms with Crippen LogP contribution in [0.1, 0.15) is 11.1 Å². The number of aromatic nitrogens is 1. The van der Waals surface area contributed by atoms with E-state index in [2.05, 4.69) is 121 Å². The molecular formula is C41H25NO2. The molecule has 0 atom stereocenters. The Kier molecular flexibility index (Phi) is 4.53. The van der Waals surface area contributed by atoms with E-state index in [0.717, 1.165) is 82.5 Å². The van der Waals surface area contributed by atoms with Crippen molar-refractivity contribution >= 4 is 93.3 Å². The third-order valence-corrected chi connectivity index (χ3v) is 9.48. The van der Waals surface area contributed by atoms with E-state index in [-0.39, 0.29) is 0 Å². The van der Waals surface area contributed by atoms with E-state index in [4.69, 9.17) is 8.83 Å². The normalized spacial score (nSPS) is 12.3. The molecule has 0 aliphatic rings. The van der Waals surface area contributed by atoms with Crippen molar-refractivity contribution < 1.29 is 8.83 Å². The molecule has 44 heavy (non-hydrogen) atoms. The molecular weight excluding hydrogens is 538 g/mol. The minimum absolute atomic E-state index is 0.874. The molecule has 3 nitrogen and oxygen atoms in total. The van der Waals surface area contributed by atoms with E-state index in [0.29, 0.717) is 0 Å². The molecule has 206 valence electrons. The Morgan fingerprint density at radius 3 is 2.16 bits per heavy atom. The fraction of sp³-hybridized carbons (Fsp3) is 0.0244. The zero-order chi connectivity index (χ0) is 29.1. The van der Waals surface area contributed by atoms with Gasteiger partial charge in [-0.3, -0.25) is 0 Å². The van der Waals surface area contributed by atoms with E-state index in [1.807, 2.05) is 18.2 Å². The van der Waals surface area contributed by atoms with Crippen LogP contribution in [0.2, 0.25) is 0 Å². The van der Waals surface area contributed by atoms with Gasteiger partial charge in [-0.1, -0.05) is 110 Å². The van der Waals surface area contributed by atoms with Crippen LogP contribution in [0.3, 0.4) is 0 Å². The van der Waals surface area contributed by atoms with E-state index in [1.54, 1.807) is 0 Å². The van der Waals surface area contributed by atoms with Crippen molar-refractivity contribution in [1.29, 1.82) is 0 Å². The predicted octanol–water partition coefficient (Wildman–Crippen LogP) is 11.8. The second-order valence-electron chi connectivity index (χ2n) is 11.7. The molecule has 0 saturated heterocycles. The standard InChI is InChI=1S/C41H25NO2/c1-3-25-23(2)19-21-31-35-28-14-6-7-15-29(28)38-37(41(35)44-39(25)31)36-26-12-5-4-11-24(26)20-22-32(36)42(38)33-17-10-16-30-27-13-8-9-18-34(27)43-40(30)33/h3-22H,1H2,2H3. The van der Waals surface area contributed by atoms with Crippen molar-refractivity contribution in [3.8, 4) is 5.69 Å². The van der Waals surface area contributed by atoms with Crippen LogP contribution in [0, 0.1) is 6.92 Å². The highest BCUT2D eigenvalue weighted by Gasteiger charge is 2.26. The van der Waals surface area contributed by atoms with Crippen LogP contribution >= 0.6 is 0 Å². The fourth-order valence-electron chi connectivity index (χ4n) is 7.58. The minimum Gasteiger partial charge on any atom is -0.455 e. The Bertz CT molecular complexity index is 2860. The van der Waals surface area contributed by atoms with Gasteiger partial charge in [-0.15, -0.1) is 0 Å². The van der Waals surface area contributed by atoms with Crippen molar-refractivity contribution in [2.75, 3.05) is 0 Å². The summed E-state index contributed by atoms with van der Waals surface area (Å²) in [5.74, 6) is 0. The maximum absolute atomic E-state index is 7.01. The van der Waals surface area contributed by atoms with Crippen LogP contribution in [0.25, 0.3) is 99.0 Å². The molecule has 0 aliphatic carbocycles. The Morgan fingerprint density at radius 1 is 0.545 bits per heavy atom. The van der Waals surface area contributed by atoms with Gasteiger partial charge in [-0.25, -0.2) is 0 Å². The molecule has 0 bridgehead atoms. The summed E-state index contributed by atoms with van der Waals surface area (Å²) >= 11 is 0. The third-order valence-electron chi connectivity index (χ3n) is 9.48. The van der Waals surface area contributed by atoms with E-state index < -0.39 is 0 Å². The monoisotopic (exact) mass is 563 g/mol. The Hall–Kier alpha value is -5.80. The van der Waals surface area contributed by atoms with Crippen LogP contribution in [0.4, 0.5) is 0 Å². The minimum atomic E-state index is 0.874. The first kappa shape index (κ1) is 23.7. The number of hydrogen-bond donors (Lipinski definition) is 0. The summed E-state index contributed by atoms with van der Waals surface area (Å²) in [5, 5.41) is 11.5. The number of furan rings is 2. The number of rotatable bonds is 2. The summed E-state index contributed by atoms with van der Waals surface area (Å²) in [5.41, 5.74) is 8.98. The highest BCUT2D eigenvalue weighted by atomic mass is 16.3. The lowest BCUT2D eigenvalue weighted by Gasteiger charge is -2.11. The lowest BCUT2D eigenvalue weighted by atomic mass is 9.96. The largest absolute Gasteiger partial charge is 0.455 e. The first-order chi connectivity index (χ1) is 21.7. The van der Waals surface area contributed by atoms with Gasteiger partial charge in [0.05, 0.1) is 22.1 Å². The summed E-state index contributed by atoms with van der Waals surface area (Å²) in [4.78, 5) is 0. The van der Waals surface area contributed by atoms with Crippen molar-refractivity contribution in [1.82, 2.24) is 4.57 Å². The van der Waals surface area contributed by atoms with Crippen LogP contribution in [-0.2, 0) is 0 Å². The number of benzene rings is 7. The second kappa shape index (κ2) is 8.40. The number of fused-ring (bicyclic) bond motifs is 15. The van der Waals surface area contributed by atoms with E-state index in [9.17, 15) is 0 Å². The van der Waals surface area contributed by atoms with Crippen molar-refractivity contribution in [2.45, 2.75) is 6.92 Å². The summed E-state index contributed by atoms with van der Waals surface area (Å²) in [6, 6.07) is 41.0. The molecule has 3 aromatic heterocycles. The van der Waals surface area contributed by atoms with Gasteiger partial charge in [0.2, 0.25) is 0 Å². The molecule has 0 fully saturated rings. The van der Waals surface area contributed by atoms with Gasteiger partial charge in [-0.05, 0) is 46.8 Å². The van der Waals surface area contributed by atoms with Crippen molar-refractivity contribution in [2.24, 2.45) is 0 Å². The zero-order valence-electron chi connectivity index (χ0n) is 24.0. The van der Waals surface area contributed by atoms with Crippen molar-refractivity contribution in [3.05, 3.63) is 133 Å². The average Bonchev–Trinajstić information content (AvgIpc) is 3.75. The van der Waals surface area contributed by atoms with Gasteiger partial charge >= 0.3 is 0 Å². The molecule has 0 radical (unpaired) electrons. The molecule has 10 aromatic rings. The Labute approximate surface area is 251 Å². The maximum Gasteiger partial charge on any atom is 0.159 e. The van der Waals surface area contributed by atoms with Gasteiger partial charge in [0.25, 0.3) is 0 Å². The summed E-state index contributed by atoms with van der Waals surface area (Å²) < 4.78 is 16.0. The van der Waals surface area contributed by atoms with Gasteiger partial charge in [0.15, 0.2) is 5.58 Å². The molecule has 3 heterocycles. The molecule has 0 spiro atoms. The van der Waals surface area contributed by atoms with Gasteiger partial charge in [0.1, 0.15) is 16.7 Å².